The SMILES string of the molecule is C=C(N=C(N=C(C)c1ccccc1)c1cc(-c2ccc(-c3ccc4c(c3)c3cc5c(cc3n4-c3ccccc3)C(C)(C)c3ccccc3-5)cc2)cc2c1sc1ccccc12)c1ccccc1. The van der Waals surface area contributed by atoms with Crippen LogP contribution in [-0.2, 0) is 5.41 Å². The summed E-state index contributed by atoms with van der Waals surface area (Å²) in [4.78, 5) is 10.5. The van der Waals surface area contributed by atoms with Crippen molar-refractivity contribution in [1.82, 2.24) is 4.57 Å². The van der Waals surface area contributed by atoms with Gasteiger partial charge in [0.2, 0.25) is 0 Å². The van der Waals surface area contributed by atoms with E-state index in [0.717, 1.165) is 43.9 Å². The number of thiophene rings is 1. The van der Waals surface area contributed by atoms with E-state index >= 15 is 0 Å². The summed E-state index contributed by atoms with van der Waals surface area (Å²) in [6.07, 6.45) is 0. The lowest BCUT2D eigenvalue weighted by molar-refractivity contribution is 0.661. The van der Waals surface area contributed by atoms with E-state index < -0.39 is 0 Å². The van der Waals surface area contributed by atoms with Gasteiger partial charge in [-0.3, -0.25) is 0 Å². The van der Waals surface area contributed by atoms with Crippen LogP contribution in [0, 0.1) is 0 Å². The highest BCUT2D eigenvalue weighted by molar-refractivity contribution is 7.26. The lowest BCUT2D eigenvalue weighted by atomic mass is 9.82. The standard InChI is InChI=1S/C62H45N3S/c1-39(41-18-8-5-9-19-41)63-61(64-40(2)42-20-10-6-11-21-42)54-36-46(35-53-49-25-15-17-27-59(49)66-60(53)54)44-30-28-43(29-31-44)45-32-33-57-51(34-45)52-37-50-48-24-14-16-26-55(48)62(3,4)56(50)38-58(52)65(57)47-22-12-7-13-23-47/h5-38H,1H2,2-4H3. The zero-order valence-corrected chi connectivity index (χ0v) is 37.9. The Morgan fingerprint density at radius 2 is 1.09 bits per heavy atom. The first-order valence-corrected chi connectivity index (χ1v) is 23.4. The highest BCUT2D eigenvalue weighted by Crippen LogP contribution is 2.51. The molecular formula is C62H45N3S. The predicted octanol–water partition coefficient (Wildman–Crippen LogP) is 16.7. The number of rotatable bonds is 7. The average molecular weight is 864 g/mol. The third-order valence-corrected chi connectivity index (χ3v) is 14.8. The Hall–Kier alpha value is -7.92. The molecule has 0 fully saturated rings. The van der Waals surface area contributed by atoms with Crippen LogP contribution in [0.15, 0.2) is 223 Å². The number of hydrogen-bond acceptors (Lipinski definition) is 2. The van der Waals surface area contributed by atoms with Gasteiger partial charge in [-0.2, -0.15) is 0 Å². The van der Waals surface area contributed by atoms with Gasteiger partial charge in [0.15, 0.2) is 5.84 Å². The van der Waals surface area contributed by atoms with Crippen molar-refractivity contribution in [3.8, 4) is 39.1 Å². The molecule has 11 aromatic rings. The normalized spacial score (nSPS) is 13.4. The van der Waals surface area contributed by atoms with Gasteiger partial charge in [0, 0.05) is 53.3 Å². The summed E-state index contributed by atoms with van der Waals surface area (Å²) in [5, 5.41) is 4.92. The summed E-state index contributed by atoms with van der Waals surface area (Å²) in [5.41, 5.74) is 18.1. The van der Waals surface area contributed by atoms with E-state index in [1.54, 1.807) is 11.3 Å². The van der Waals surface area contributed by atoms with Gasteiger partial charge in [0.25, 0.3) is 0 Å². The molecule has 0 saturated heterocycles. The monoisotopic (exact) mass is 863 g/mol. The predicted molar refractivity (Wildman–Crippen MR) is 283 cm³/mol. The Kier molecular flexibility index (Phi) is 9.41. The molecule has 2 aromatic heterocycles. The molecule has 0 spiro atoms. The highest BCUT2D eigenvalue weighted by atomic mass is 32.1. The lowest BCUT2D eigenvalue weighted by Gasteiger charge is -2.21. The van der Waals surface area contributed by atoms with Crippen molar-refractivity contribution in [1.29, 1.82) is 0 Å². The Morgan fingerprint density at radius 1 is 0.485 bits per heavy atom. The van der Waals surface area contributed by atoms with E-state index in [-0.39, 0.29) is 5.41 Å². The van der Waals surface area contributed by atoms with Crippen LogP contribution in [-0.4, -0.2) is 16.1 Å². The van der Waals surface area contributed by atoms with Gasteiger partial charge in [-0.25, -0.2) is 9.98 Å². The number of aromatic nitrogens is 1. The minimum Gasteiger partial charge on any atom is -0.309 e. The Labute approximate surface area is 389 Å². The summed E-state index contributed by atoms with van der Waals surface area (Å²) in [7, 11) is 0. The zero-order chi connectivity index (χ0) is 44.5. The molecule has 0 aliphatic heterocycles. The maximum Gasteiger partial charge on any atom is 0.161 e. The molecule has 0 saturated carbocycles. The van der Waals surface area contributed by atoms with Gasteiger partial charge in [-0.1, -0.05) is 172 Å². The first-order chi connectivity index (χ1) is 32.3. The molecule has 3 nitrogen and oxygen atoms in total. The van der Waals surface area contributed by atoms with Crippen molar-refractivity contribution < 1.29 is 0 Å². The minimum absolute atomic E-state index is 0.0910. The molecule has 4 heteroatoms. The number of fused-ring (bicyclic) bond motifs is 9. The van der Waals surface area contributed by atoms with Crippen LogP contribution >= 0.6 is 11.3 Å². The number of hydrogen-bond donors (Lipinski definition) is 0. The number of benzene rings is 9. The molecule has 9 aromatic carbocycles. The molecule has 0 radical (unpaired) electrons. The largest absolute Gasteiger partial charge is 0.309 e. The van der Waals surface area contributed by atoms with Gasteiger partial charge in [0.1, 0.15) is 0 Å². The second-order valence-electron chi connectivity index (χ2n) is 17.9. The van der Waals surface area contributed by atoms with Crippen LogP contribution in [0.25, 0.3) is 86.7 Å². The Balaban J connectivity index is 0.999. The van der Waals surface area contributed by atoms with E-state index in [2.05, 4.69) is 214 Å². The molecule has 0 amide bonds. The first-order valence-electron chi connectivity index (χ1n) is 22.6. The molecule has 0 N–H and O–H groups in total. The fourth-order valence-corrected chi connectivity index (χ4v) is 11.3. The molecule has 12 rings (SSSR count). The average Bonchev–Trinajstić information content (AvgIpc) is 3.98. The van der Waals surface area contributed by atoms with Crippen molar-refractivity contribution >= 4 is 70.6 Å². The van der Waals surface area contributed by atoms with Crippen LogP contribution in [0.3, 0.4) is 0 Å². The van der Waals surface area contributed by atoms with Gasteiger partial charge < -0.3 is 4.57 Å². The quantitative estimate of drug-likeness (QED) is 0.113. The molecule has 1 aliphatic carbocycles. The second kappa shape index (κ2) is 15.7. The summed E-state index contributed by atoms with van der Waals surface area (Å²) < 4.78 is 4.83. The van der Waals surface area contributed by atoms with E-state index in [1.807, 2.05) is 24.3 Å². The van der Waals surface area contributed by atoms with Crippen molar-refractivity contribution in [3.63, 3.8) is 0 Å². The first kappa shape index (κ1) is 39.7. The minimum atomic E-state index is -0.0910. The van der Waals surface area contributed by atoms with Crippen LogP contribution < -0.4 is 0 Å². The van der Waals surface area contributed by atoms with Crippen molar-refractivity contribution in [2.24, 2.45) is 9.98 Å². The molecule has 0 atom stereocenters. The molecule has 66 heavy (non-hydrogen) atoms. The topological polar surface area (TPSA) is 29.6 Å². The van der Waals surface area contributed by atoms with E-state index in [9.17, 15) is 0 Å². The Bertz CT molecular complexity index is 3780. The van der Waals surface area contributed by atoms with Gasteiger partial charge in [-0.05, 0) is 117 Å². The molecular weight excluding hydrogens is 819 g/mol. The third-order valence-electron chi connectivity index (χ3n) is 13.6. The molecule has 314 valence electrons. The summed E-state index contributed by atoms with van der Waals surface area (Å²) in [6.45, 7) is 11.2. The molecule has 0 bridgehead atoms. The fourth-order valence-electron chi connectivity index (χ4n) is 10.1. The summed E-state index contributed by atoms with van der Waals surface area (Å²) in [5.74, 6) is 0.640. The van der Waals surface area contributed by atoms with Crippen LogP contribution in [0.1, 0.15) is 48.6 Å². The molecule has 0 unspecified atom stereocenters. The maximum absolute atomic E-state index is 5.31. The zero-order valence-electron chi connectivity index (χ0n) is 37.1. The highest BCUT2D eigenvalue weighted by Gasteiger charge is 2.36. The van der Waals surface area contributed by atoms with Crippen molar-refractivity contribution in [2.45, 2.75) is 26.2 Å². The van der Waals surface area contributed by atoms with Crippen molar-refractivity contribution in [3.05, 3.63) is 241 Å². The van der Waals surface area contributed by atoms with E-state index in [1.165, 1.54) is 70.7 Å². The van der Waals surface area contributed by atoms with Crippen LogP contribution in [0.5, 0.6) is 0 Å². The lowest BCUT2D eigenvalue weighted by Crippen LogP contribution is -2.14. The van der Waals surface area contributed by atoms with Gasteiger partial charge >= 0.3 is 0 Å². The molecule has 2 heterocycles. The fraction of sp³-hybridized carbons (Fsp3) is 0.0645. The van der Waals surface area contributed by atoms with Crippen LogP contribution in [0.2, 0.25) is 0 Å². The third kappa shape index (κ3) is 6.56. The Morgan fingerprint density at radius 3 is 1.85 bits per heavy atom. The summed E-state index contributed by atoms with van der Waals surface area (Å²) >= 11 is 1.79. The van der Waals surface area contributed by atoms with E-state index in [4.69, 9.17) is 9.98 Å². The summed E-state index contributed by atoms with van der Waals surface area (Å²) in [6, 6.07) is 74.4. The number of amidine groups is 1. The van der Waals surface area contributed by atoms with Gasteiger partial charge in [-0.15, -0.1) is 11.3 Å². The number of para-hydroxylation sites is 1. The number of aliphatic imine (C=N–C) groups is 2. The number of nitrogens with zero attached hydrogens (tertiary/aromatic N) is 3. The van der Waals surface area contributed by atoms with Gasteiger partial charge in [0.05, 0.1) is 16.7 Å². The molecule has 1 aliphatic rings. The van der Waals surface area contributed by atoms with Crippen LogP contribution in [0.4, 0.5) is 0 Å². The second-order valence-corrected chi connectivity index (χ2v) is 18.9. The van der Waals surface area contributed by atoms with E-state index in [0.29, 0.717) is 11.5 Å². The maximum atomic E-state index is 5.31. The van der Waals surface area contributed by atoms with Crippen molar-refractivity contribution in [2.75, 3.05) is 0 Å². The smallest absolute Gasteiger partial charge is 0.161 e.